The van der Waals surface area contributed by atoms with E-state index in [0.717, 1.165) is 25.0 Å². The van der Waals surface area contributed by atoms with Crippen molar-refractivity contribution in [3.8, 4) is 0 Å². The average Bonchev–Trinajstić information content (AvgIpc) is 3.19. The fourth-order valence-corrected chi connectivity index (χ4v) is 2.74. The Morgan fingerprint density at radius 3 is 2.54 bits per heavy atom. The predicted molar refractivity (Wildman–Crippen MR) is 102 cm³/mol. The molecule has 0 aliphatic carbocycles. The van der Waals surface area contributed by atoms with E-state index < -0.39 is 0 Å². The Bertz CT molecular complexity index is 764. The number of nitrogens with one attached hydrogen (secondary N) is 2. The van der Waals surface area contributed by atoms with Gasteiger partial charge in [-0.1, -0.05) is 30.3 Å². The summed E-state index contributed by atoms with van der Waals surface area (Å²) in [5, 5.41) is 5.65. The lowest BCUT2D eigenvalue weighted by Crippen LogP contribution is -2.31. The monoisotopic (exact) mass is 350 g/mol. The molecule has 3 rings (SSSR count). The summed E-state index contributed by atoms with van der Waals surface area (Å²) in [6.07, 6.45) is 5.39. The first-order valence-corrected chi connectivity index (χ1v) is 8.75. The summed E-state index contributed by atoms with van der Waals surface area (Å²) >= 11 is 0. The normalized spacial score (nSPS) is 16.5. The number of carbonyl (C=O) groups excluding carboxylic acids is 2. The molecule has 1 saturated heterocycles. The fraction of sp³-hybridized carbons (Fsp3) is 0.238. The molecule has 2 amide bonds. The Balaban J connectivity index is 1.49. The maximum Gasteiger partial charge on any atom is 0.251 e. The molecule has 0 radical (unpaired) electrons. The van der Waals surface area contributed by atoms with Crippen LogP contribution in [0.3, 0.4) is 0 Å². The van der Waals surface area contributed by atoms with E-state index >= 15 is 0 Å². The van der Waals surface area contributed by atoms with Gasteiger partial charge in [-0.2, -0.15) is 0 Å². The van der Waals surface area contributed by atoms with Crippen LogP contribution in [0.4, 0.5) is 5.69 Å². The molecule has 0 unspecified atom stereocenters. The summed E-state index contributed by atoms with van der Waals surface area (Å²) in [6, 6.07) is 16.4. The summed E-state index contributed by atoms with van der Waals surface area (Å²) in [6.45, 7) is 1.30. The molecule has 134 valence electrons. The molecular formula is C21H22N2O3. The Hall–Kier alpha value is -2.92. The third kappa shape index (κ3) is 5.29. The number of hydrogen-bond donors (Lipinski definition) is 2. The molecule has 2 N–H and O–H groups in total. The van der Waals surface area contributed by atoms with Crippen LogP contribution in [0.1, 0.15) is 28.8 Å². The third-order valence-electron chi connectivity index (χ3n) is 4.16. The number of amides is 2. The highest BCUT2D eigenvalue weighted by molar-refractivity contribution is 6.02. The number of rotatable bonds is 6. The van der Waals surface area contributed by atoms with E-state index in [0.29, 0.717) is 17.8 Å². The molecule has 26 heavy (non-hydrogen) atoms. The number of carbonyl (C=O) groups is 2. The maximum atomic E-state index is 12.1. The van der Waals surface area contributed by atoms with Crippen molar-refractivity contribution in [3.63, 3.8) is 0 Å². The lowest BCUT2D eigenvalue weighted by molar-refractivity contribution is -0.111. The van der Waals surface area contributed by atoms with Crippen molar-refractivity contribution in [3.05, 3.63) is 71.8 Å². The molecule has 1 aliphatic rings. The van der Waals surface area contributed by atoms with Gasteiger partial charge in [-0.25, -0.2) is 0 Å². The minimum atomic E-state index is -0.218. The van der Waals surface area contributed by atoms with Crippen LogP contribution >= 0.6 is 0 Å². The van der Waals surface area contributed by atoms with Gasteiger partial charge in [0.15, 0.2) is 0 Å². The van der Waals surface area contributed by atoms with E-state index in [4.69, 9.17) is 4.74 Å². The highest BCUT2D eigenvalue weighted by Crippen LogP contribution is 2.12. The first-order chi connectivity index (χ1) is 12.7. The molecule has 1 atom stereocenters. The quantitative estimate of drug-likeness (QED) is 0.786. The summed E-state index contributed by atoms with van der Waals surface area (Å²) in [5.41, 5.74) is 2.16. The van der Waals surface area contributed by atoms with Crippen molar-refractivity contribution in [1.82, 2.24) is 5.32 Å². The minimum absolute atomic E-state index is 0.119. The van der Waals surface area contributed by atoms with Gasteiger partial charge in [0.05, 0.1) is 6.10 Å². The molecular weight excluding hydrogens is 328 g/mol. The Labute approximate surface area is 153 Å². The SMILES string of the molecule is O=C(/C=C/c1ccccc1)Nc1ccc(C(=O)NC[C@@H]2CCCO2)cc1. The van der Waals surface area contributed by atoms with Crippen LogP contribution in [0.25, 0.3) is 6.08 Å². The zero-order valence-corrected chi connectivity index (χ0v) is 14.5. The Morgan fingerprint density at radius 2 is 1.85 bits per heavy atom. The van der Waals surface area contributed by atoms with Gasteiger partial charge in [-0.05, 0) is 48.7 Å². The smallest absolute Gasteiger partial charge is 0.251 e. The van der Waals surface area contributed by atoms with Crippen molar-refractivity contribution < 1.29 is 14.3 Å². The third-order valence-corrected chi connectivity index (χ3v) is 4.16. The molecule has 1 heterocycles. The fourth-order valence-electron chi connectivity index (χ4n) is 2.74. The van der Waals surface area contributed by atoms with Gasteiger partial charge < -0.3 is 15.4 Å². The van der Waals surface area contributed by atoms with E-state index in [9.17, 15) is 9.59 Å². The standard InChI is InChI=1S/C21H22N2O3/c24-20(13-8-16-5-2-1-3-6-16)23-18-11-9-17(10-12-18)21(25)22-15-19-7-4-14-26-19/h1-3,5-6,8-13,19H,4,7,14-15H2,(H,22,25)(H,23,24)/b13-8+/t19-/m0/s1. The molecule has 0 spiro atoms. The van der Waals surface area contributed by atoms with Crippen LogP contribution in [0.5, 0.6) is 0 Å². The van der Waals surface area contributed by atoms with E-state index in [1.165, 1.54) is 6.08 Å². The molecule has 2 aromatic carbocycles. The predicted octanol–water partition coefficient (Wildman–Crippen LogP) is 3.25. The highest BCUT2D eigenvalue weighted by atomic mass is 16.5. The first-order valence-electron chi connectivity index (χ1n) is 8.75. The van der Waals surface area contributed by atoms with Crippen LogP contribution in [0.2, 0.25) is 0 Å². The minimum Gasteiger partial charge on any atom is -0.376 e. The maximum absolute atomic E-state index is 12.1. The van der Waals surface area contributed by atoms with Gasteiger partial charge in [0.1, 0.15) is 0 Å². The zero-order chi connectivity index (χ0) is 18.2. The average molecular weight is 350 g/mol. The van der Waals surface area contributed by atoms with Gasteiger partial charge >= 0.3 is 0 Å². The largest absolute Gasteiger partial charge is 0.376 e. The van der Waals surface area contributed by atoms with Crippen molar-refractivity contribution in [2.45, 2.75) is 18.9 Å². The second-order valence-electron chi connectivity index (χ2n) is 6.16. The number of ether oxygens (including phenoxy) is 1. The molecule has 0 aromatic heterocycles. The van der Waals surface area contributed by atoms with Crippen molar-refractivity contribution in [2.75, 3.05) is 18.5 Å². The van der Waals surface area contributed by atoms with Crippen LogP contribution < -0.4 is 10.6 Å². The number of anilines is 1. The second-order valence-corrected chi connectivity index (χ2v) is 6.16. The molecule has 0 bridgehead atoms. The lowest BCUT2D eigenvalue weighted by atomic mass is 10.1. The second kappa shape index (κ2) is 8.97. The summed E-state index contributed by atoms with van der Waals surface area (Å²) in [4.78, 5) is 24.1. The first kappa shape index (κ1) is 17.9. The van der Waals surface area contributed by atoms with Crippen LogP contribution in [0, 0.1) is 0 Å². The van der Waals surface area contributed by atoms with Gasteiger partial charge in [0, 0.05) is 30.5 Å². The Kier molecular flexibility index (Phi) is 6.17. The van der Waals surface area contributed by atoms with Crippen molar-refractivity contribution >= 4 is 23.6 Å². The van der Waals surface area contributed by atoms with E-state index in [1.54, 1.807) is 30.3 Å². The summed E-state index contributed by atoms with van der Waals surface area (Å²) < 4.78 is 5.49. The van der Waals surface area contributed by atoms with Crippen LogP contribution in [0.15, 0.2) is 60.7 Å². The molecule has 5 nitrogen and oxygen atoms in total. The lowest BCUT2D eigenvalue weighted by Gasteiger charge is -2.11. The van der Waals surface area contributed by atoms with Crippen molar-refractivity contribution in [2.24, 2.45) is 0 Å². The van der Waals surface area contributed by atoms with E-state index in [1.807, 2.05) is 30.3 Å². The van der Waals surface area contributed by atoms with Crippen molar-refractivity contribution in [1.29, 1.82) is 0 Å². The molecule has 0 saturated carbocycles. The Morgan fingerprint density at radius 1 is 1.08 bits per heavy atom. The van der Waals surface area contributed by atoms with E-state index in [2.05, 4.69) is 10.6 Å². The van der Waals surface area contributed by atoms with Gasteiger partial charge in [-0.15, -0.1) is 0 Å². The number of hydrogen-bond acceptors (Lipinski definition) is 3. The van der Waals surface area contributed by atoms with Crippen LogP contribution in [-0.4, -0.2) is 31.1 Å². The molecule has 5 heteroatoms. The molecule has 1 aliphatic heterocycles. The van der Waals surface area contributed by atoms with Gasteiger partial charge in [-0.3, -0.25) is 9.59 Å². The number of benzene rings is 2. The van der Waals surface area contributed by atoms with Gasteiger partial charge in [0.25, 0.3) is 5.91 Å². The van der Waals surface area contributed by atoms with Crippen LogP contribution in [-0.2, 0) is 9.53 Å². The zero-order valence-electron chi connectivity index (χ0n) is 14.5. The summed E-state index contributed by atoms with van der Waals surface area (Å²) in [5.74, 6) is -0.355. The highest BCUT2D eigenvalue weighted by Gasteiger charge is 2.16. The topological polar surface area (TPSA) is 67.4 Å². The van der Waals surface area contributed by atoms with Gasteiger partial charge in [0.2, 0.25) is 5.91 Å². The molecule has 1 fully saturated rings. The van der Waals surface area contributed by atoms with E-state index in [-0.39, 0.29) is 17.9 Å². The summed E-state index contributed by atoms with van der Waals surface area (Å²) in [7, 11) is 0. The molecule has 2 aromatic rings.